The number of carbonyl (C=O) groups excluding carboxylic acids is 1. The monoisotopic (exact) mass is 524 g/mol. The molecule has 0 saturated carbocycles. The molecule has 0 aliphatic carbocycles. The summed E-state index contributed by atoms with van der Waals surface area (Å²) in [5, 5.41) is 10.1. The van der Waals surface area contributed by atoms with Gasteiger partial charge in [-0.15, -0.1) is 0 Å². The van der Waals surface area contributed by atoms with E-state index in [1.54, 1.807) is 36.0 Å². The molecule has 38 heavy (non-hydrogen) atoms. The molecule has 10 heteroatoms. The molecule has 0 aliphatic heterocycles. The van der Waals surface area contributed by atoms with Gasteiger partial charge in [0, 0.05) is 51.5 Å². The van der Waals surface area contributed by atoms with Crippen molar-refractivity contribution in [3.05, 3.63) is 109 Å². The highest BCUT2D eigenvalue weighted by Crippen LogP contribution is 2.32. The van der Waals surface area contributed by atoms with Crippen molar-refractivity contribution in [1.82, 2.24) is 23.9 Å². The first-order valence-corrected chi connectivity index (χ1v) is 12.8. The van der Waals surface area contributed by atoms with E-state index < -0.39 is 0 Å². The summed E-state index contributed by atoms with van der Waals surface area (Å²) in [4.78, 5) is 27.1. The lowest BCUT2D eigenvalue weighted by Gasteiger charge is -2.11. The van der Waals surface area contributed by atoms with Crippen molar-refractivity contribution >= 4 is 45.1 Å². The molecule has 6 rings (SSSR count). The number of fused-ring (bicyclic) bond motifs is 1. The van der Waals surface area contributed by atoms with E-state index in [4.69, 9.17) is 0 Å². The lowest BCUT2D eigenvalue weighted by Crippen LogP contribution is -2.13. The molecule has 0 unspecified atom stereocenters. The number of benzene rings is 2. The van der Waals surface area contributed by atoms with E-state index >= 15 is 0 Å². The minimum atomic E-state index is -0.171. The number of carbonyl (C=O) groups is 1. The number of nitrogens with one attached hydrogen (secondary N) is 3. The van der Waals surface area contributed by atoms with Crippen molar-refractivity contribution in [2.75, 3.05) is 23.0 Å². The van der Waals surface area contributed by atoms with Gasteiger partial charge in [0.05, 0.1) is 41.0 Å². The Morgan fingerprint density at radius 2 is 1.82 bits per heavy atom. The molecule has 4 heterocycles. The summed E-state index contributed by atoms with van der Waals surface area (Å²) in [6.07, 6.45) is 11.3. The van der Waals surface area contributed by atoms with Gasteiger partial charge in [-0.05, 0) is 42.5 Å². The third-order valence-electron chi connectivity index (χ3n) is 6.13. The third-order valence-corrected chi connectivity index (χ3v) is 7.07. The number of thiazole rings is 1. The molecule has 0 bridgehead atoms. The van der Waals surface area contributed by atoms with Crippen LogP contribution in [0.15, 0.2) is 98.0 Å². The van der Waals surface area contributed by atoms with Crippen LogP contribution in [0.25, 0.3) is 16.2 Å². The number of amides is 1. The Labute approximate surface area is 225 Å². The Bertz CT molecular complexity index is 1710. The lowest BCUT2D eigenvalue weighted by molar-refractivity contribution is 0.102. The molecule has 9 nitrogen and oxygen atoms in total. The number of nitrogens with zero attached hydrogens (tertiary/aromatic N) is 5. The number of imidazole rings is 2. The summed E-state index contributed by atoms with van der Waals surface area (Å²) in [6, 6.07) is 19.0. The van der Waals surface area contributed by atoms with Crippen molar-refractivity contribution < 1.29 is 7.65 Å². The largest absolute Gasteiger partial charge is 0.386 e. The molecule has 0 radical (unpaired) electrons. The first kappa shape index (κ1) is 23.4. The van der Waals surface area contributed by atoms with Gasteiger partial charge in [-0.3, -0.25) is 9.20 Å². The maximum atomic E-state index is 12.7. The van der Waals surface area contributed by atoms with E-state index in [1.807, 2.05) is 78.9 Å². The highest BCUT2D eigenvalue weighted by molar-refractivity contribution is 7.18. The second-order valence-corrected chi connectivity index (χ2v) is 9.62. The number of para-hydroxylation sites is 2. The summed E-state index contributed by atoms with van der Waals surface area (Å²) in [7, 11) is 1.82. The van der Waals surface area contributed by atoms with Crippen LogP contribution in [-0.2, 0) is 6.54 Å². The van der Waals surface area contributed by atoms with Crippen LogP contribution in [0.5, 0.6) is 0 Å². The summed E-state index contributed by atoms with van der Waals surface area (Å²) in [6.45, 7) is 0.701. The van der Waals surface area contributed by atoms with E-state index in [-0.39, 0.29) is 8.76 Å². The number of anilines is 4. The normalized spacial score (nSPS) is 11.0. The fraction of sp³-hybridized carbons (Fsp3) is 0.0714. The molecule has 0 spiro atoms. The van der Waals surface area contributed by atoms with Crippen LogP contribution >= 0.6 is 11.3 Å². The van der Waals surface area contributed by atoms with Gasteiger partial charge in [-0.2, -0.15) is 0 Å². The smallest absolute Gasteiger partial charge is 0.255 e. The summed E-state index contributed by atoms with van der Waals surface area (Å²) in [5.74, 6) is -0.171. The molecule has 2 aromatic carbocycles. The van der Waals surface area contributed by atoms with Crippen LogP contribution in [0, 0.1) is 0 Å². The maximum absolute atomic E-state index is 12.7. The van der Waals surface area contributed by atoms with Crippen molar-refractivity contribution in [2.45, 2.75) is 6.54 Å². The number of pyridine rings is 1. The number of hydrogen-bond acceptors (Lipinski definition) is 7. The quantitative estimate of drug-likeness (QED) is 0.218. The average Bonchev–Trinajstić information content (AvgIpc) is 3.71. The molecule has 4 aromatic heterocycles. The molecule has 0 aliphatic rings. The van der Waals surface area contributed by atoms with E-state index in [0.717, 1.165) is 44.0 Å². The SMILES string of the molecule is CNc1ccccc1NC(=O)c1ccc(Nc2ncc(-c3cnc4c(Cn5ccnc5)cccn34)s2)cc1.[HH].[HH]. The first-order chi connectivity index (χ1) is 18.7. The number of rotatable bonds is 8. The van der Waals surface area contributed by atoms with Crippen LogP contribution in [0.3, 0.4) is 0 Å². The second kappa shape index (κ2) is 10.2. The molecule has 0 fully saturated rings. The zero-order chi connectivity index (χ0) is 25.9. The number of aromatic nitrogens is 5. The minimum Gasteiger partial charge on any atom is -0.386 e. The third kappa shape index (κ3) is 4.72. The van der Waals surface area contributed by atoms with Crippen molar-refractivity contribution in [3.8, 4) is 10.6 Å². The Hall–Kier alpha value is -4.96. The average molecular weight is 525 g/mol. The van der Waals surface area contributed by atoms with Gasteiger partial charge in [0.1, 0.15) is 5.65 Å². The highest BCUT2D eigenvalue weighted by Gasteiger charge is 2.13. The molecule has 6 aromatic rings. The van der Waals surface area contributed by atoms with Crippen molar-refractivity contribution in [1.29, 1.82) is 0 Å². The van der Waals surface area contributed by atoms with Crippen LogP contribution in [0.4, 0.5) is 22.2 Å². The number of hydrogen-bond donors (Lipinski definition) is 3. The van der Waals surface area contributed by atoms with Crippen molar-refractivity contribution in [3.63, 3.8) is 0 Å². The zero-order valence-corrected chi connectivity index (χ0v) is 21.3. The Morgan fingerprint density at radius 1 is 0.974 bits per heavy atom. The molecular formula is C28H28N8OS. The van der Waals surface area contributed by atoms with E-state index in [1.165, 1.54) is 0 Å². The molecule has 0 atom stereocenters. The Balaban J connectivity index is 0.00000185. The Kier molecular flexibility index (Phi) is 6.29. The predicted octanol–water partition coefficient (Wildman–Crippen LogP) is 6.23. The fourth-order valence-corrected chi connectivity index (χ4v) is 5.08. The van der Waals surface area contributed by atoms with Gasteiger partial charge in [0.2, 0.25) is 0 Å². The first-order valence-electron chi connectivity index (χ1n) is 12.0. The van der Waals surface area contributed by atoms with E-state index in [0.29, 0.717) is 12.1 Å². The van der Waals surface area contributed by atoms with Gasteiger partial charge in [0.15, 0.2) is 5.13 Å². The fourth-order valence-electron chi connectivity index (χ4n) is 4.24. The van der Waals surface area contributed by atoms with E-state index in [2.05, 4.69) is 41.4 Å². The van der Waals surface area contributed by atoms with Crippen LogP contribution in [0.2, 0.25) is 0 Å². The molecule has 3 N–H and O–H groups in total. The second-order valence-electron chi connectivity index (χ2n) is 8.59. The molecular weight excluding hydrogens is 496 g/mol. The maximum Gasteiger partial charge on any atom is 0.255 e. The minimum absolute atomic E-state index is 0. The molecule has 1 amide bonds. The summed E-state index contributed by atoms with van der Waals surface area (Å²) < 4.78 is 4.11. The van der Waals surface area contributed by atoms with Gasteiger partial charge < -0.3 is 20.5 Å². The zero-order valence-electron chi connectivity index (χ0n) is 20.5. The van der Waals surface area contributed by atoms with Gasteiger partial charge in [0.25, 0.3) is 5.91 Å². The Morgan fingerprint density at radius 3 is 2.61 bits per heavy atom. The summed E-state index contributed by atoms with van der Waals surface area (Å²) in [5.41, 5.74) is 6.01. The van der Waals surface area contributed by atoms with Gasteiger partial charge in [-0.1, -0.05) is 29.5 Å². The van der Waals surface area contributed by atoms with Gasteiger partial charge >= 0.3 is 0 Å². The van der Waals surface area contributed by atoms with Crippen LogP contribution < -0.4 is 16.0 Å². The van der Waals surface area contributed by atoms with Crippen molar-refractivity contribution in [2.24, 2.45) is 0 Å². The lowest BCUT2D eigenvalue weighted by atomic mass is 10.2. The highest BCUT2D eigenvalue weighted by atomic mass is 32.1. The topological polar surface area (TPSA) is 101 Å². The standard InChI is InChI=1S/C28H24N8OS.2H2/c1-29-22-6-2-3-7-23(22)34-27(37)19-8-10-21(11-9-19)33-28-32-16-25(38-28)24-15-31-26-20(5-4-13-36(24)26)17-35-14-12-30-18-35;;/h2-16,18,29H,17H2,1H3,(H,32,33)(H,34,37);2*1H. The predicted molar refractivity (Wildman–Crippen MR) is 156 cm³/mol. The van der Waals surface area contributed by atoms with Gasteiger partial charge in [-0.25, -0.2) is 15.0 Å². The van der Waals surface area contributed by atoms with E-state index in [9.17, 15) is 4.79 Å². The molecule has 0 saturated heterocycles. The van der Waals surface area contributed by atoms with Crippen LogP contribution in [-0.4, -0.2) is 36.9 Å². The summed E-state index contributed by atoms with van der Waals surface area (Å²) >= 11 is 1.54. The molecule has 192 valence electrons. The van der Waals surface area contributed by atoms with Crippen LogP contribution in [0.1, 0.15) is 18.8 Å².